The summed E-state index contributed by atoms with van der Waals surface area (Å²) in [7, 11) is 0. The minimum atomic E-state index is -0.920. The van der Waals surface area contributed by atoms with Crippen molar-refractivity contribution in [3.63, 3.8) is 0 Å². The molecule has 3 N–H and O–H groups in total. The molecule has 0 aliphatic carbocycles. The van der Waals surface area contributed by atoms with Crippen molar-refractivity contribution < 1.29 is 9.90 Å². The summed E-state index contributed by atoms with van der Waals surface area (Å²) in [5.41, 5.74) is 5.27. The number of thiophene rings is 1. The third-order valence-corrected chi connectivity index (χ3v) is 1.74. The molecule has 3 nitrogen and oxygen atoms in total. The van der Waals surface area contributed by atoms with Gasteiger partial charge in [0.25, 0.3) is 0 Å². The number of rotatable bonds is 1. The fraction of sp³-hybridized carbons (Fsp3) is 0.167. The van der Waals surface area contributed by atoms with Gasteiger partial charge in [-0.1, -0.05) is 0 Å². The van der Waals surface area contributed by atoms with Crippen LogP contribution < -0.4 is 5.73 Å². The SMILES string of the molecule is CCl.Nc1ccc(C(=O)O)s1. The molecule has 0 bridgehead atoms. The average molecular weight is 194 g/mol. The second-order valence-corrected chi connectivity index (χ2v) is 2.62. The van der Waals surface area contributed by atoms with E-state index in [2.05, 4.69) is 11.6 Å². The van der Waals surface area contributed by atoms with E-state index in [1.807, 2.05) is 0 Å². The van der Waals surface area contributed by atoms with E-state index in [1.54, 1.807) is 6.07 Å². The van der Waals surface area contributed by atoms with Crippen LogP contribution in [-0.2, 0) is 0 Å². The zero-order valence-electron chi connectivity index (χ0n) is 5.87. The first-order valence-corrected chi connectivity index (χ1v) is 4.24. The molecular weight excluding hydrogens is 186 g/mol. The number of nitrogen functional groups attached to an aromatic ring is 1. The number of hydrogen-bond donors (Lipinski definition) is 2. The fourth-order valence-electron chi connectivity index (χ4n) is 0.468. The van der Waals surface area contributed by atoms with Gasteiger partial charge in [0.2, 0.25) is 0 Å². The van der Waals surface area contributed by atoms with Crippen LogP contribution in [0.5, 0.6) is 0 Å². The Morgan fingerprint density at radius 2 is 2.18 bits per heavy atom. The molecule has 1 rings (SSSR count). The van der Waals surface area contributed by atoms with Crippen molar-refractivity contribution >= 4 is 33.9 Å². The van der Waals surface area contributed by atoms with E-state index >= 15 is 0 Å². The number of anilines is 1. The van der Waals surface area contributed by atoms with E-state index in [9.17, 15) is 4.79 Å². The summed E-state index contributed by atoms with van der Waals surface area (Å²) in [6, 6.07) is 3.07. The van der Waals surface area contributed by atoms with Crippen LogP contribution in [0.15, 0.2) is 12.1 Å². The smallest absolute Gasteiger partial charge is 0.345 e. The first-order valence-electron chi connectivity index (χ1n) is 2.66. The molecular formula is C6H8ClNO2S. The molecule has 0 saturated heterocycles. The van der Waals surface area contributed by atoms with Gasteiger partial charge >= 0.3 is 5.97 Å². The van der Waals surface area contributed by atoms with Crippen molar-refractivity contribution in [3.05, 3.63) is 17.0 Å². The number of halogens is 1. The van der Waals surface area contributed by atoms with E-state index in [0.717, 1.165) is 11.3 Å². The Morgan fingerprint density at radius 1 is 1.64 bits per heavy atom. The van der Waals surface area contributed by atoms with Gasteiger partial charge in [0.05, 0.1) is 5.00 Å². The van der Waals surface area contributed by atoms with Crippen LogP contribution in [0.1, 0.15) is 9.67 Å². The molecule has 0 aromatic carbocycles. The highest BCUT2D eigenvalue weighted by atomic mass is 35.5. The van der Waals surface area contributed by atoms with Crippen LogP contribution in [0.4, 0.5) is 5.00 Å². The molecule has 0 unspecified atom stereocenters. The van der Waals surface area contributed by atoms with Crippen molar-refractivity contribution in [1.82, 2.24) is 0 Å². The molecule has 1 heterocycles. The van der Waals surface area contributed by atoms with Crippen molar-refractivity contribution in [2.45, 2.75) is 0 Å². The molecule has 1 aromatic rings. The van der Waals surface area contributed by atoms with Crippen molar-refractivity contribution in [2.75, 3.05) is 12.1 Å². The highest BCUT2D eigenvalue weighted by molar-refractivity contribution is 7.17. The number of alkyl halides is 1. The van der Waals surface area contributed by atoms with Crippen LogP contribution in [0, 0.1) is 0 Å². The maximum atomic E-state index is 10.2. The summed E-state index contributed by atoms with van der Waals surface area (Å²) in [6.07, 6.45) is 1.47. The Bertz CT molecular complexity index is 236. The normalized spacial score (nSPS) is 8.18. The van der Waals surface area contributed by atoms with Crippen LogP contribution in [-0.4, -0.2) is 17.5 Å². The van der Waals surface area contributed by atoms with Crippen LogP contribution in [0.2, 0.25) is 0 Å². The highest BCUT2D eigenvalue weighted by Crippen LogP contribution is 2.17. The van der Waals surface area contributed by atoms with Crippen molar-refractivity contribution in [1.29, 1.82) is 0 Å². The van der Waals surface area contributed by atoms with E-state index in [-0.39, 0.29) is 4.88 Å². The Labute approximate surface area is 73.4 Å². The molecule has 0 fully saturated rings. The third-order valence-electron chi connectivity index (χ3n) is 0.838. The highest BCUT2D eigenvalue weighted by Gasteiger charge is 2.03. The number of carbonyl (C=O) groups is 1. The topological polar surface area (TPSA) is 63.3 Å². The van der Waals surface area contributed by atoms with Crippen molar-refractivity contribution in [2.24, 2.45) is 0 Å². The molecule has 0 amide bonds. The number of nitrogens with two attached hydrogens (primary N) is 1. The van der Waals surface area contributed by atoms with Gasteiger partial charge in [0.1, 0.15) is 4.88 Å². The molecule has 0 aliphatic heterocycles. The minimum absolute atomic E-state index is 0.285. The lowest BCUT2D eigenvalue weighted by atomic mass is 10.5. The lowest BCUT2D eigenvalue weighted by Gasteiger charge is -1.80. The zero-order chi connectivity index (χ0) is 8.85. The zero-order valence-corrected chi connectivity index (χ0v) is 7.45. The van der Waals surface area contributed by atoms with E-state index in [4.69, 9.17) is 10.8 Å². The Kier molecular flexibility index (Phi) is 4.65. The first kappa shape index (κ1) is 10.3. The number of aromatic carboxylic acids is 1. The molecule has 0 atom stereocenters. The van der Waals surface area contributed by atoms with Gasteiger partial charge in [-0.2, -0.15) is 0 Å². The lowest BCUT2D eigenvalue weighted by molar-refractivity contribution is 0.0702. The molecule has 0 saturated carbocycles. The quantitative estimate of drug-likeness (QED) is 0.670. The van der Waals surface area contributed by atoms with Gasteiger partial charge in [0.15, 0.2) is 0 Å². The summed E-state index contributed by atoms with van der Waals surface area (Å²) < 4.78 is 0. The number of hydrogen-bond acceptors (Lipinski definition) is 3. The maximum absolute atomic E-state index is 10.2. The fourth-order valence-corrected chi connectivity index (χ4v) is 1.08. The average Bonchev–Trinajstić information content (AvgIpc) is 2.40. The maximum Gasteiger partial charge on any atom is 0.345 e. The van der Waals surface area contributed by atoms with E-state index in [1.165, 1.54) is 12.4 Å². The lowest BCUT2D eigenvalue weighted by Crippen LogP contribution is -1.89. The minimum Gasteiger partial charge on any atom is -0.477 e. The summed E-state index contributed by atoms with van der Waals surface area (Å²) >= 11 is 5.71. The second kappa shape index (κ2) is 4.98. The van der Waals surface area contributed by atoms with Gasteiger partial charge in [-0.3, -0.25) is 0 Å². The predicted molar refractivity (Wildman–Crippen MR) is 47.5 cm³/mol. The summed E-state index contributed by atoms with van der Waals surface area (Å²) in [5, 5.41) is 8.89. The molecule has 0 radical (unpaired) electrons. The van der Waals surface area contributed by atoms with Gasteiger partial charge in [0, 0.05) is 6.38 Å². The molecule has 0 aliphatic rings. The Balaban J connectivity index is 0.000000461. The first-order chi connectivity index (χ1) is 5.20. The largest absolute Gasteiger partial charge is 0.477 e. The second-order valence-electron chi connectivity index (χ2n) is 1.51. The Morgan fingerprint density at radius 3 is 2.36 bits per heavy atom. The third kappa shape index (κ3) is 3.25. The monoisotopic (exact) mass is 193 g/mol. The molecule has 1 aromatic heterocycles. The summed E-state index contributed by atoms with van der Waals surface area (Å²) in [5.74, 6) is -0.920. The van der Waals surface area contributed by atoms with Gasteiger partial charge in [-0.05, 0) is 12.1 Å². The van der Waals surface area contributed by atoms with Gasteiger partial charge in [-0.25, -0.2) is 4.79 Å². The van der Waals surface area contributed by atoms with Gasteiger partial charge in [-0.15, -0.1) is 22.9 Å². The van der Waals surface area contributed by atoms with Crippen molar-refractivity contribution in [3.8, 4) is 0 Å². The molecule has 5 heteroatoms. The molecule has 11 heavy (non-hydrogen) atoms. The summed E-state index contributed by atoms with van der Waals surface area (Å²) in [6.45, 7) is 0. The van der Waals surface area contributed by atoms with E-state index in [0.29, 0.717) is 5.00 Å². The predicted octanol–water partition coefficient (Wildman–Crippen LogP) is 1.88. The van der Waals surface area contributed by atoms with Crippen LogP contribution in [0.3, 0.4) is 0 Å². The van der Waals surface area contributed by atoms with Crippen LogP contribution in [0.25, 0.3) is 0 Å². The van der Waals surface area contributed by atoms with Crippen LogP contribution >= 0.6 is 22.9 Å². The summed E-state index contributed by atoms with van der Waals surface area (Å²) in [4.78, 5) is 10.5. The Hall–Kier alpha value is -0.740. The number of carboxylic acid groups (broad SMARTS) is 1. The number of carboxylic acids is 1. The molecule has 62 valence electrons. The van der Waals surface area contributed by atoms with Gasteiger partial charge < -0.3 is 10.8 Å². The molecule has 0 spiro atoms. The van der Waals surface area contributed by atoms with E-state index < -0.39 is 5.97 Å². The standard InChI is InChI=1S/C5H5NO2S.CH3Cl/c6-4-2-1-3(9-4)5(7)8;1-2/h1-2H,6H2,(H,7,8);1H3.